The van der Waals surface area contributed by atoms with E-state index in [1.165, 1.54) is 6.92 Å². The molecule has 1 fully saturated rings. The second-order valence-corrected chi connectivity index (χ2v) is 3.27. The predicted molar refractivity (Wildman–Crippen MR) is 47.2 cm³/mol. The van der Waals surface area contributed by atoms with Crippen LogP contribution in [0.2, 0.25) is 0 Å². The summed E-state index contributed by atoms with van der Waals surface area (Å²) >= 11 is 0. The molecule has 0 heterocycles. The van der Waals surface area contributed by atoms with Gasteiger partial charge in [-0.2, -0.15) is 0 Å². The summed E-state index contributed by atoms with van der Waals surface area (Å²) in [4.78, 5) is 32.8. The monoisotopic (exact) mass is 180 g/mol. The Hall–Kier alpha value is -1.25. The maximum Gasteiger partial charge on any atom is 0.159 e. The molecule has 0 spiro atoms. The summed E-state index contributed by atoms with van der Waals surface area (Å²) in [6.45, 7) is 1.46. The van der Waals surface area contributed by atoms with Crippen LogP contribution in [0.25, 0.3) is 0 Å². The number of hydrogen-bond donors (Lipinski definition) is 0. The standard InChI is InChI=1S/C10H12O3/c1-7(11)2-3-8-6-9(12)4-5-10(8)13/h3H,2,4-6H2,1H3/b8-3-. The first-order valence-electron chi connectivity index (χ1n) is 4.33. The van der Waals surface area contributed by atoms with E-state index in [0.717, 1.165) is 0 Å². The minimum atomic E-state index is 0.0123. The molecule has 13 heavy (non-hydrogen) atoms. The van der Waals surface area contributed by atoms with Gasteiger partial charge in [-0.05, 0) is 12.5 Å². The van der Waals surface area contributed by atoms with E-state index in [2.05, 4.69) is 0 Å². The summed E-state index contributed by atoms with van der Waals surface area (Å²) in [5, 5.41) is 0. The van der Waals surface area contributed by atoms with Crippen molar-refractivity contribution in [1.29, 1.82) is 0 Å². The second-order valence-electron chi connectivity index (χ2n) is 3.27. The lowest BCUT2D eigenvalue weighted by atomic mass is 9.91. The highest BCUT2D eigenvalue weighted by atomic mass is 16.1. The molecule has 0 radical (unpaired) electrons. The van der Waals surface area contributed by atoms with Crippen molar-refractivity contribution >= 4 is 17.3 Å². The van der Waals surface area contributed by atoms with Crippen molar-refractivity contribution in [2.45, 2.75) is 32.6 Å². The van der Waals surface area contributed by atoms with Crippen LogP contribution in [0.3, 0.4) is 0 Å². The lowest BCUT2D eigenvalue weighted by Gasteiger charge is -2.10. The minimum absolute atomic E-state index is 0.0123. The van der Waals surface area contributed by atoms with Crippen molar-refractivity contribution in [2.24, 2.45) is 0 Å². The third-order valence-electron chi connectivity index (χ3n) is 2.01. The number of Topliss-reactive ketones (excluding diaryl/α,β-unsaturated/α-hetero) is 3. The van der Waals surface area contributed by atoms with Crippen molar-refractivity contribution in [3.8, 4) is 0 Å². The summed E-state index contributed by atoms with van der Waals surface area (Å²) in [5.74, 6) is 0.119. The molecule has 1 rings (SSSR count). The predicted octanol–water partition coefficient (Wildman–Crippen LogP) is 1.21. The number of ketones is 3. The van der Waals surface area contributed by atoms with Crippen molar-refractivity contribution in [3.05, 3.63) is 11.6 Å². The summed E-state index contributed by atoms with van der Waals surface area (Å²) in [6.07, 6.45) is 2.72. The van der Waals surface area contributed by atoms with Gasteiger partial charge in [0.1, 0.15) is 11.6 Å². The summed E-state index contributed by atoms with van der Waals surface area (Å²) in [6, 6.07) is 0. The van der Waals surface area contributed by atoms with Gasteiger partial charge in [-0.15, -0.1) is 0 Å². The number of carbonyl (C=O) groups excluding carboxylic acids is 3. The van der Waals surface area contributed by atoms with E-state index < -0.39 is 0 Å². The van der Waals surface area contributed by atoms with Gasteiger partial charge in [0.25, 0.3) is 0 Å². The summed E-state index contributed by atoms with van der Waals surface area (Å²) < 4.78 is 0. The smallest absolute Gasteiger partial charge is 0.159 e. The van der Waals surface area contributed by atoms with Crippen LogP contribution in [0.4, 0.5) is 0 Å². The van der Waals surface area contributed by atoms with Crippen LogP contribution in [-0.2, 0) is 14.4 Å². The Bertz CT molecular complexity index is 287. The van der Waals surface area contributed by atoms with Crippen molar-refractivity contribution in [3.63, 3.8) is 0 Å². The first-order valence-corrected chi connectivity index (χ1v) is 4.33. The third-order valence-corrected chi connectivity index (χ3v) is 2.01. The number of carbonyl (C=O) groups is 3. The van der Waals surface area contributed by atoms with Crippen molar-refractivity contribution < 1.29 is 14.4 Å². The van der Waals surface area contributed by atoms with Crippen LogP contribution in [0.15, 0.2) is 11.6 Å². The molecule has 0 aromatic carbocycles. The van der Waals surface area contributed by atoms with Gasteiger partial charge in [0.2, 0.25) is 0 Å². The van der Waals surface area contributed by atoms with Gasteiger partial charge in [-0.1, -0.05) is 6.08 Å². The quantitative estimate of drug-likeness (QED) is 0.600. The Morgan fingerprint density at radius 2 is 2.08 bits per heavy atom. The van der Waals surface area contributed by atoms with E-state index in [9.17, 15) is 14.4 Å². The molecule has 0 unspecified atom stereocenters. The molecule has 0 atom stereocenters. The lowest BCUT2D eigenvalue weighted by Crippen LogP contribution is -2.16. The van der Waals surface area contributed by atoms with Crippen molar-refractivity contribution in [2.75, 3.05) is 0 Å². The van der Waals surface area contributed by atoms with Crippen LogP contribution >= 0.6 is 0 Å². The molecule has 70 valence electrons. The zero-order valence-electron chi connectivity index (χ0n) is 7.63. The highest BCUT2D eigenvalue weighted by Crippen LogP contribution is 2.17. The molecule has 0 bridgehead atoms. The molecular weight excluding hydrogens is 168 g/mol. The van der Waals surface area contributed by atoms with Crippen LogP contribution in [0.1, 0.15) is 32.6 Å². The van der Waals surface area contributed by atoms with Gasteiger partial charge in [0, 0.05) is 25.7 Å². The summed E-state index contributed by atoms with van der Waals surface area (Å²) in [5.41, 5.74) is 0.520. The molecule has 0 saturated heterocycles. The number of rotatable bonds is 2. The first kappa shape index (κ1) is 9.84. The fraction of sp³-hybridized carbons (Fsp3) is 0.500. The van der Waals surface area contributed by atoms with E-state index in [-0.39, 0.29) is 30.2 Å². The van der Waals surface area contributed by atoms with E-state index in [4.69, 9.17) is 0 Å². The molecule has 3 heteroatoms. The van der Waals surface area contributed by atoms with E-state index in [1.54, 1.807) is 6.08 Å². The Balaban J connectivity index is 2.65. The van der Waals surface area contributed by atoms with Crippen molar-refractivity contribution in [1.82, 2.24) is 0 Å². The summed E-state index contributed by atoms with van der Waals surface area (Å²) in [7, 11) is 0. The average Bonchev–Trinajstić information content (AvgIpc) is 2.06. The molecule has 1 saturated carbocycles. The molecule has 1 aliphatic rings. The van der Waals surface area contributed by atoms with Crippen LogP contribution in [-0.4, -0.2) is 17.3 Å². The lowest BCUT2D eigenvalue weighted by molar-refractivity contribution is -0.125. The first-order chi connectivity index (χ1) is 6.09. The van der Waals surface area contributed by atoms with E-state index in [1.807, 2.05) is 0 Å². The highest BCUT2D eigenvalue weighted by molar-refractivity contribution is 6.05. The number of hydrogen-bond acceptors (Lipinski definition) is 3. The SMILES string of the molecule is CC(=O)C/C=C1/CC(=O)CCC1=O. The molecule has 0 amide bonds. The minimum Gasteiger partial charge on any atom is -0.300 e. The molecule has 3 nitrogen and oxygen atoms in total. The highest BCUT2D eigenvalue weighted by Gasteiger charge is 2.20. The normalized spacial score (nSPS) is 20.8. The molecule has 1 aliphatic carbocycles. The van der Waals surface area contributed by atoms with Gasteiger partial charge in [-0.25, -0.2) is 0 Å². The molecular formula is C10H12O3. The maximum atomic E-state index is 11.2. The largest absolute Gasteiger partial charge is 0.300 e. The zero-order chi connectivity index (χ0) is 9.84. The molecule has 0 aliphatic heterocycles. The fourth-order valence-electron chi connectivity index (χ4n) is 1.27. The van der Waals surface area contributed by atoms with Gasteiger partial charge in [-0.3, -0.25) is 14.4 Å². The van der Waals surface area contributed by atoms with E-state index in [0.29, 0.717) is 18.4 Å². The van der Waals surface area contributed by atoms with Gasteiger partial charge in [0.05, 0.1) is 0 Å². The molecule has 0 N–H and O–H groups in total. The Morgan fingerprint density at radius 3 is 2.69 bits per heavy atom. The Morgan fingerprint density at radius 1 is 1.38 bits per heavy atom. The third kappa shape index (κ3) is 2.93. The molecule has 0 aromatic rings. The fourth-order valence-corrected chi connectivity index (χ4v) is 1.27. The Labute approximate surface area is 76.8 Å². The van der Waals surface area contributed by atoms with Crippen LogP contribution in [0.5, 0.6) is 0 Å². The zero-order valence-corrected chi connectivity index (χ0v) is 7.63. The van der Waals surface area contributed by atoms with Crippen LogP contribution < -0.4 is 0 Å². The second kappa shape index (κ2) is 4.12. The molecule has 0 aromatic heterocycles. The number of allylic oxidation sites excluding steroid dienone is 2. The maximum absolute atomic E-state index is 11.2. The van der Waals surface area contributed by atoms with E-state index >= 15 is 0 Å². The van der Waals surface area contributed by atoms with Gasteiger partial charge >= 0.3 is 0 Å². The Kier molecular flexibility index (Phi) is 3.12. The van der Waals surface area contributed by atoms with Gasteiger partial charge < -0.3 is 0 Å². The van der Waals surface area contributed by atoms with Gasteiger partial charge in [0.15, 0.2) is 5.78 Å². The van der Waals surface area contributed by atoms with Crippen LogP contribution in [0, 0.1) is 0 Å². The topological polar surface area (TPSA) is 51.2 Å². The average molecular weight is 180 g/mol.